The molecule has 1 saturated heterocycles. The van der Waals surface area contributed by atoms with Crippen molar-refractivity contribution in [2.45, 2.75) is 44.9 Å². The van der Waals surface area contributed by atoms with E-state index in [2.05, 4.69) is 10.6 Å². The molecule has 152 valence electrons. The van der Waals surface area contributed by atoms with E-state index in [1.54, 1.807) is 0 Å². The Bertz CT molecular complexity index is 1080. The molecule has 3 heterocycles. The molecule has 4 atom stereocenters. The molecule has 1 saturated carbocycles. The molecule has 1 aromatic heterocycles. The van der Waals surface area contributed by atoms with Crippen LogP contribution in [0.15, 0.2) is 18.2 Å². The summed E-state index contributed by atoms with van der Waals surface area (Å²) in [5, 5.41) is 5.86. The number of amides is 2. The summed E-state index contributed by atoms with van der Waals surface area (Å²) in [7, 11) is 0. The van der Waals surface area contributed by atoms with Gasteiger partial charge in [0.2, 0.25) is 5.91 Å². The first-order chi connectivity index (χ1) is 13.9. The highest BCUT2D eigenvalue weighted by Crippen LogP contribution is 2.45. The third-order valence-corrected chi connectivity index (χ3v) is 7.53. The molecule has 0 spiro atoms. The Kier molecular flexibility index (Phi) is 4.58. The molecule has 2 aliphatic heterocycles. The predicted molar refractivity (Wildman–Crippen MR) is 112 cm³/mol. The first kappa shape index (κ1) is 18.9. The predicted octanol–water partition coefficient (Wildman–Crippen LogP) is 3.79. The first-order valence-corrected chi connectivity index (χ1v) is 10.8. The van der Waals surface area contributed by atoms with E-state index in [0.29, 0.717) is 33.2 Å². The highest BCUT2D eigenvalue weighted by Gasteiger charge is 2.48. The lowest BCUT2D eigenvalue weighted by Crippen LogP contribution is -2.46. The Morgan fingerprint density at radius 3 is 2.76 bits per heavy atom. The van der Waals surface area contributed by atoms with E-state index in [9.17, 15) is 9.59 Å². The zero-order chi connectivity index (χ0) is 20.3. The van der Waals surface area contributed by atoms with E-state index in [1.807, 2.05) is 36.6 Å². The van der Waals surface area contributed by atoms with Crippen molar-refractivity contribution in [3.05, 3.63) is 38.2 Å². The Hall–Kier alpha value is -2.07. The van der Waals surface area contributed by atoms with Crippen molar-refractivity contribution in [1.29, 1.82) is 0 Å². The molecule has 3 aliphatic rings. The number of aromatic nitrogens is 1. The van der Waals surface area contributed by atoms with E-state index in [4.69, 9.17) is 21.7 Å². The molecule has 2 aromatic rings. The molecule has 1 aliphatic carbocycles. The average molecular weight is 432 g/mol. The molecular weight excluding hydrogens is 410 g/mol. The van der Waals surface area contributed by atoms with Gasteiger partial charge in [0.25, 0.3) is 5.91 Å². The lowest BCUT2D eigenvalue weighted by Gasteiger charge is -2.40. The van der Waals surface area contributed by atoms with Crippen molar-refractivity contribution in [2.24, 2.45) is 5.92 Å². The van der Waals surface area contributed by atoms with Gasteiger partial charge in [-0.3, -0.25) is 9.59 Å². The summed E-state index contributed by atoms with van der Waals surface area (Å²) in [6, 6.07) is 5.66. The summed E-state index contributed by atoms with van der Waals surface area (Å²) in [5.74, 6) is -0.102. The Labute approximate surface area is 177 Å². The second-order valence-corrected chi connectivity index (χ2v) is 9.48. The molecule has 2 N–H and O–H groups in total. The minimum atomic E-state index is -0.272. The second kappa shape index (κ2) is 7.02. The normalized spacial score (nSPS) is 27.6. The van der Waals surface area contributed by atoms with Gasteiger partial charge in [0, 0.05) is 5.69 Å². The summed E-state index contributed by atoms with van der Waals surface area (Å²) in [6.07, 6.45) is 1.16. The molecule has 2 fully saturated rings. The number of aryl methyl sites for hydroxylation is 2. The van der Waals surface area contributed by atoms with Crippen LogP contribution < -0.4 is 10.6 Å². The van der Waals surface area contributed by atoms with Gasteiger partial charge >= 0.3 is 0 Å². The summed E-state index contributed by atoms with van der Waals surface area (Å²) in [6.45, 7) is 4.29. The Morgan fingerprint density at radius 1 is 1.24 bits per heavy atom. The van der Waals surface area contributed by atoms with E-state index in [1.165, 1.54) is 11.3 Å². The molecule has 0 bridgehead atoms. The van der Waals surface area contributed by atoms with E-state index in [-0.39, 0.29) is 42.8 Å². The van der Waals surface area contributed by atoms with Crippen molar-refractivity contribution in [2.75, 3.05) is 17.4 Å². The number of benzene rings is 1. The van der Waals surface area contributed by atoms with Gasteiger partial charge in [-0.25, -0.2) is 0 Å². The number of hydrogen-bond donors (Lipinski definition) is 2. The van der Waals surface area contributed by atoms with Gasteiger partial charge in [-0.1, -0.05) is 17.4 Å². The lowest BCUT2D eigenvalue weighted by atomic mass is 9.79. The van der Waals surface area contributed by atoms with Gasteiger partial charge in [0.05, 0.1) is 24.2 Å². The lowest BCUT2D eigenvalue weighted by molar-refractivity contribution is -0.125. The van der Waals surface area contributed by atoms with Gasteiger partial charge < -0.3 is 24.7 Å². The monoisotopic (exact) mass is 431 g/mol. The van der Waals surface area contributed by atoms with E-state index in [0.717, 1.165) is 11.1 Å². The molecule has 29 heavy (non-hydrogen) atoms. The molecule has 1 aromatic carbocycles. The van der Waals surface area contributed by atoms with Crippen molar-refractivity contribution >= 4 is 46.9 Å². The van der Waals surface area contributed by atoms with Gasteiger partial charge in [-0.15, -0.1) is 0 Å². The Morgan fingerprint density at radius 2 is 2.00 bits per heavy atom. The maximum atomic E-state index is 13.0. The molecule has 9 heteroatoms. The molecular formula is C20H21N3O4S2. The quantitative estimate of drug-likeness (QED) is 0.707. The van der Waals surface area contributed by atoms with Gasteiger partial charge in [0.15, 0.2) is 3.95 Å². The van der Waals surface area contributed by atoms with Crippen LogP contribution in [0.1, 0.15) is 39.7 Å². The van der Waals surface area contributed by atoms with Crippen LogP contribution in [-0.4, -0.2) is 35.4 Å². The largest absolute Gasteiger partial charge is 0.349 e. The fraction of sp³-hybridized carbons (Fsp3) is 0.450. The molecule has 7 nitrogen and oxygen atoms in total. The minimum absolute atomic E-state index is 0.0374. The minimum Gasteiger partial charge on any atom is -0.349 e. The summed E-state index contributed by atoms with van der Waals surface area (Å²) < 4.78 is 13.8. The van der Waals surface area contributed by atoms with Gasteiger partial charge in [0.1, 0.15) is 17.5 Å². The summed E-state index contributed by atoms with van der Waals surface area (Å²) >= 11 is 6.81. The number of anilines is 2. The maximum absolute atomic E-state index is 13.0. The second-order valence-electron chi connectivity index (χ2n) is 7.83. The smallest absolute Gasteiger partial charge is 0.269 e. The summed E-state index contributed by atoms with van der Waals surface area (Å²) in [4.78, 5) is 26.2. The number of fused-ring (bicyclic) bond motifs is 4. The van der Waals surface area contributed by atoms with Gasteiger partial charge in [-0.05, 0) is 62.2 Å². The van der Waals surface area contributed by atoms with E-state index >= 15 is 0 Å². The number of thiazole rings is 1. The van der Waals surface area contributed by atoms with Crippen LogP contribution in [0.3, 0.4) is 0 Å². The topological polar surface area (TPSA) is 81.6 Å². The van der Waals surface area contributed by atoms with Crippen LogP contribution in [-0.2, 0) is 14.3 Å². The van der Waals surface area contributed by atoms with Crippen LogP contribution in [0.4, 0.5) is 11.5 Å². The number of nitrogens with zero attached hydrogens (tertiary/aromatic N) is 1. The Balaban J connectivity index is 1.47. The molecule has 2 amide bonds. The zero-order valence-electron chi connectivity index (χ0n) is 16.1. The maximum Gasteiger partial charge on any atom is 0.269 e. The van der Waals surface area contributed by atoms with Crippen LogP contribution >= 0.6 is 23.6 Å². The number of nitrogens with one attached hydrogen (secondary N) is 2. The van der Waals surface area contributed by atoms with Crippen LogP contribution in [0.2, 0.25) is 0 Å². The number of hydrogen-bond acceptors (Lipinski definition) is 6. The summed E-state index contributed by atoms with van der Waals surface area (Å²) in [5.41, 5.74) is 2.97. The number of carbonyl (C=O) groups excluding carboxylic acids is 2. The molecule has 4 unspecified atom stereocenters. The zero-order valence-corrected chi connectivity index (χ0v) is 17.7. The van der Waals surface area contributed by atoms with Crippen LogP contribution in [0.5, 0.6) is 0 Å². The number of carbonyl (C=O) groups is 2. The average Bonchev–Trinajstić information content (AvgIpc) is 3.27. The van der Waals surface area contributed by atoms with Crippen molar-refractivity contribution in [3.8, 4) is 0 Å². The fourth-order valence-electron chi connectivity index (χ4n) is 4.42. The van der Waals surface area contributed by atoms with Crippen molar-refractivity contribution in [1.82, 2.24) is 4.57 Å². The third-order valence-electron chi connectivity index (χ3n) is 6.13. The van der Waals surface area contributed by atoms with Crippen LogP contribution in [0, 0.1) is 23.7 Å². The first-order valence-electron chi connectivity index (χ1n) is 9.60. The third kappa shape index (κ3) is 3.13. The highest BCUT2D eigenvalue weighted by atomic mass is 32.1. The standard InChI is InChI=1S/C20H21N3O4S2/c1-9-3-4-11(5-10(9)2)21-19(25)16-17-22-18(24)12-6-14-15(27-8-26-14)7-13(12)23(17)20(28)29-16/h3-5,12-15H,6-8H2,1-2H3,(H,21,25)(H,22,24). The van der Waals surface area contributed by atoms with Crippen LogP contribution in [0.25, 0.3) is 0 Å². The molecule has 0 radical (unpaired) electrons. The number of ether oxygens (including phenoxy) is 2. The van der Waals surface area contributed by atoms with Gasteiger partial charge in [-0.2, -0.15) is 0 Å². The fourth-order valence-corrected chi connectivity index (χ4v) is 5.79. The van der Waals surface area contributed by atoms with E-state index < -0.39 is 0 Å². The number of rotatable bonds is 2. The SMILES string of the molecule is Cc1ccc(NC(=O)c2sc(=S)n3c2NC(=O)C2CC4OCOC4CC23)cc1C. The van der Waals surface area contributed by atoms with Crippen molar-refractivity contribution in [3.63, 3.8) is 0 Å². The van der Waals surface area contributed by atoms with Crippen molar-refractivity contribution < 1.29 is 19.1 Å². The molecule has 5 rings (SSSR count). The highest BCUT2D eigenvalue weighted by molar-refractivity contribution is 7.73.